The lowest BCUT2D eigenvalue weighted by Crippen LogP contribution is -2.28. The molecule has 0 aromatic carbocycles. The van der Waals surface area contributed by atoms with E-state index in [1.165, 1.54) is 218 Å². The van der Waals surface area contributed by atoms with Crippen molar-refractivity contribution in [1.82, 2.24) is 0 Å². The van der Waals surface area contributed by atoms with E-state index in [4.69, 9.17) is 9.47 Å². The van der Waals surface area contributed by atoms with E-state index in [1.807, 2.05) is 0 Å². The number of allylic oxidation sites excluding steroid dienone is 24. The van der Waals surface area contributed by atoms with E-state index in [-0.39, 0.29) is 25.2 Å². The second-order valence-electron chi connectivity index (χ2n) is 25.3. The van der Waals surface area contributed by atoms with E-state index >= 15 is 0 Å². The van der Waals surface area contributed by atoms with Crippen LogP contribution in [-0.2, 0) is 19.1 Å². The molecule has 0 spiro atoms. The van der Waals surface area contributed by atoms with Gasteiger partial charge < -0.3 is 14.6 Å². The molecule has 0 fully saturated rings. The van der Waals surface area contributed by atoms with Crippen molar-refractivity contribution in [3.05, 3.63) is 146 Å². The van der Waals surface area contributed by atoms with E-state index in [0.717, 1.165) is 116 Å². The molecule has 0 aliphatic heterocycles. The number of aliphatic hydroxyl groups is 1. The Morgan fingerprint density at radius 1 is 0.256 bits per heavy atom. The molecule has 1 unspecified atom stereocenters. The standard InChI is InChI=1S/C85H144O5/c1-3-5-7-9-11-13-15-17-19-21-23-25-27-29-31-33-35-37-39-41-42-44-46-48-50-52-54-56-58-60-62-64-66-68-70-72-74-76-78-80-85(88)90-83(81-86)82-89-84(87)79-77-75-73-71-69-67-65-63-61-59-57-55-53-51-49-47-45-43-40-38-36-34-32-30-28-26-24-22-20-18-16-14-12-10-8-6-4-2/h5-8,11-14,17-20,23-26,29,31,35,37,41-42,46,48,83,86H,3-4,9-10,15-16,21-22,27-28,30,32-34,36,38-40,43-45,47,49-82H2,1-2H3/b7-5-,8-6-,13-11-,14-12-,19-17-,20-18-,25-23-,26-24-,31-29-,37-35-,42-41-,48-46-. The van der Waals surface area contributed by atoms with Crippen molar-refractivity contribution in [2.24, 2.45) is 0 Å². The fourth-order valence-corrected chi connectivity index (χ4v) is 11.0. The highest BCUT2D eigenvalue weighted by Gasteiger charge is 2.16. The minimum absolute atomic E-state index is 0.0675. The molecular formula is C85H144O5. The van der Waals surface area contributed by atoms with Crippen LogP contribution in [0.2, 0.25) is 0 Å². The van der Waals surface area contributed by atoms with Crippen LogP contribution in [0.1, 0.15) is 361 Å². The Morgan fingerprint density at radius 2 is 0.444 bits per heavy atom. The van der Waals surface area contributed by atoms with E-state index in [1.54, 1.807) is 0 Å². The van der Waals surface area contributed by atoms with E-state index in [0.29, 0.717) is 12.8 Å². The monoisotopic (exact) mass is 1250 g/mol. The van der Waals surface area contributed by atoms with Crippen molar-refractivity contribution < 1.29 is 24.2 Å². The molecule has 90 heavy (non-hydrogen) atoms. The summed E-state index contributed by atoms with van der Waals surface area (Å²) in [6, 6.07) is 0. The zero-order chi connectivity index (χ0) is 64.7. The van der Waals surface area contributed by atoms with Gasteiger partial charge in [-0.05, 0) is 116 Å². The van der Waals surface area contributed by atoms with Crippen molar-refractivity contribution in [2.75, 3.05) is 13.2 Å². The molecule has 0 radical (unpaired) electrons. The SMILES string of the molecule is CC/C=C\C/C=C\C/C=C\C/C=C\C/C=C\C/C=C\C/C=C\C/C=C\CCCCCCCCCCCCCCCCC(=O)OC(CO)COC(=O)CCCCCCCCCCCCCCCCCCCCCCCCCC/C=C\C/C=C\C/C=C\C/C=C\CC. The maximum atomic E-state index is 12.4. The molecule has 0 heterocycles. The summed E-state index contributed by atoms with van der Waals surface area (Å²) in [5.74, 6) is -0.580. The normalized spacial score (nSPS) is 13.1. The van der Waals surface area contributed by atoms with Crippen LogP contribution >= 0.6 is 0 Å². The highest BCUT2D eigenvalue weighted by molar-refractivity contribution is 5.70. The molecule has 0 aliphatic carbocycles. The van der Waals surface area contributed by atoms with Gasteiger partial charge >= 0.3 is 11.9 Å². The van der Waals surface area contributed by atoms with Gasteiger partial charge in [0.25, 0.3) is 0 Å². The quantitative estimate of drug-likeness (QED) is 0.0373. The van der Waals surface area contributed by atoms with Crippen LogP contribution in [0.5, 0.6) is 0 Å². The molecule has 0 aromatic rings. The first-order chi connectivity index (χ1) is 44.6. The van der Waals surface area contributed by atoms with Crippen LogP contribution in [0.4, 0.5) is 0 Å². The Hall–Kier alpha value is -4.22. The number of hydrogen-bond acceptors (Lipinski definition) is 5. The van der Waals surface area contributed by atoms with Gasteiger partial charge in [-0.1, -0.05) is 378 Å². The maximum absolute atomic E-state index is 12.4. The molecule has 1 N–H and O–H groups in total. The Bertz CT molecular complexity index is 1850. The number of carbonyl (C=O) groups excluding carboxylic acids is 2. The van der Waals surface area contributed by atoms with Gasteiger partial charge in [-0.15, -0.1) is 0 Å². The summed E-state index contributed by atoms with van der Waals surface area (Å²) in [6.45, 7) is 3.94. The predicted molar refractivity (Wildman–Crippen MR) is 398 cm³/mol. The number of unbranched alkanes of at least 4 members (excludes halogenated alkanes) is 38. The molecule has 0 bridgehead atoms. The third-order valence-electron chi connectivity index (χ3n) is 16.6. The summed E-state index contributed by atoms with van der Waals surface area (Å²) >= 11 is 0. The summed E-state index contributed by atoms with van der Waals surface area (Å²) < 4.78 is 10.8. The largest absolute Gasteiger partial charge is 0.462 e. The summed E-state index contributed by atoms with van der Waals surface area (Å²) in [5.41, 5.74) is 0. The van der Waals surface area contributed by atoms with Crippen molar-refractivity contribution in [3.63, 3.8) is 0 Å². The average Bonchev–Trinajstić information content (AvgIpc) is 3.59. The summed E-state index contributed by atoms with van der Waals surface area (Å²) in [5, 5.41) is 9.73. The predicted octanol–water partition coefficient (Wildman–Crippen LogP) is 27.2. The molecule has 5 nitrogen and oxygen atoms in total. The van der Waals surface area contributed by atoms with Gasteiger partial charge in [-0.3, -0.25) is 9.59 Å². The summed E-state index contributed by atoms with van der Waals surface area (Å²) in [7, 11) is 0. The molecule has 0 saturated carbocycles. The van der Waals surface area contributed by atoms with Crippen LogP contribution in [0.15, 0.2) is 146 Å². The number of carbonyl (C=O) groups is 2. The second-order valence-corrected chi connectivity index (χ2v) is 25.3. The molecule has 1 atom stereocenters. The zero-order valence-electron chi connectivity index (χ0n) is 59.1. The number of ether oxygens (including phenoxy) is 2. The lowest BCUT2D eigenvalue weighted by molar-refractivity contribution is -0.161. The second kappa shape index (κ2) is 79.0. The minimum atomic E-state index is -0.780. The lowest BCUT2D eigenvalue weighted by Gasteiger charge is -2.15. The van der Waals surface area contributed by atoms with Crippen LogP contribution in [-0.4, -0.2) is 36.4 Å². The molecular weight excluding hydrogens is 1100 g/mol. The topological polar surface area (TPSA) is 72.8 Å². The third kappa shape index (κ3) is 76.2. The van der Waals surface area contributed by atoms with Crippen molar-refractivity contribution >= 4 is 11.9 Å². The average molecular weight is 1250 g/mol. The summed E-state index contributed by atoms with van der Waals surface area (Å²) in [4.78, 5) is 24.7. The highest BCUT2D eigenvalue weighted by Crippen LogP contribution is 2.18. The van der Waals surface area contributed by atoms with Gasteiger partial charge in [0.15, 0.2) is 6.10 Å². The number of esters is 2. The third-order valence-corrected chi connectivity index (χ3v) is 16.6. The Morgan fingerprint density at radius 3 is 0.667 bits per heavy atom. The van der Waals surface area contributed by atoms with Gasteiger partial charge in [0.2, 0.25) is 0 Å². The van der Waals surface area contributed by atoms with Crippen molar-refractivity contribution in [3.8, 4) is 0 Å². The first-order valence-corrected chi connectivity index (χ1v) is 38.4. The summed E-state index contributed by atoms with van der Waals surface area (Å²) in [6.07, 6.45) is 119. The lowest BCUT2D eigenvalue weighted by atomic mass is 10.0. The van der Waals surface area contributed by atoms with Crippen molar-refractivity contribution in [2.45, 2.75) is 367 Å². The molecule has 0 aliphatic rings. The van der Waals surface area contributed by atoms with Crippen LogP contribution < -0.4 is 0 Å². The van der Waals surface area contributed by atoms with Crippen LogP contribution in [0.25, 0.3) is 0 Å². The van der Waals surface area contributed by atoms with Crippen LogP contribution in [0.3, 0.4) is 0 Å². The molecule has 0 amide bonds. The van der Waals surface area contributed by atoms with E-state index in [2.05, 4.69) is 160 Å². The number of aliphatic hydroxyl groups excluding tert-OH is 1. The van der Waals surface area contributed by atoms with Crippen LogP contribution in [0, 0.1) is 0 Å². The molecule has 5 heteroatoms. The van der Waals surface area contributed by atoms with Gasteiger partial charge in [0.05, 0.1) is 6.61 Å². The minimum Gasteiger partial charge on any atom is -0.462 e. The van der Waals surface area contributed by atoms with Gasteiger partial charge in [-0.2, -0.15) is 0 Å². The molecule has 0 rings (SSSR count). The van der Waals surface area contributed by atoms with E-state index in [9.17, 15) is 14.7 Å². The molecule has 0 saturated heterocycles. The Kier molecular flexibility index (Phi) is 75.3. The van der Waals surface area contributed by atoms with Gasteiger partial charge in [0, 0.05) is 12.8 Å². The van der Waals surface area contributed by atoms with Crippen molar-refractivity contribution in [1.29, 1.82) is 0 Å². The molecule has 0 aromatic heterocycles. The van der Waals surface area contributed by atoms with Gasteiger partial charge in [0.1, 0.15) is 6.61 Å². The smallest absolute Gasteiger partial charge is 0.306 e. The fourth-order valence-electron chi connectivity index (χ4n) is 11.0. The van der Waals surface area contributed by atoms with E-state index < -0.39 is 6.10 Å². The number of rotatable bonds is 70. The highest BCUT2D eigenvalue weighted by atomic mass is 16.6. The first kappa shape index (κ1) is 85.8. The Balaban J connectivity index is 3.45. The number of hydrogen-bond donors (Lipinski definition) is 1. The Labute approximate surface area is 558 Å². The zero-order valence-corrected chi connectivity index (χ0v) is 59.1. The van der Waals surface area contributed by atoms with Gasteiger partial charge in [-0.25, -0.2) is 0 Å². The fraction of sp³-hybridized carbons (Fsp3) is 0.694. The first-order valence-electron chi connectivity index (χ1n) is 38.4. The maximum Gasteiger partial charge on any atom is 0.306 e. The molecule has 514 valence electrons.